The molecule has 5 nitrogen and oxygen atoms in total. The Morgan fingerprint density at radius 1 is 1.10 bits per heavy atom. The lowest BCUT2D eigenvalue weighted by Gasteiger charge is -2.06. The van der Waals surface area contributed by atoms with Crippen LogP contribution in [0.2, 0.25) is 5.02 Å². The van der Waals surface area contributed by atoms with Gasteiger partial charge in [-0.1, -0.05) is 23.7 Å². The summed E-state index contributed by atoms with van der Waals surface area (Å²) < 4.78 is 7.98. The average molecular weight is 430 g/mol. The van der Waals surface area contributed by atoms with Crippen molar-refractivity contribution in [3.05, 3.63) is 76.9 Å². The second-order valence-electron chi connectivity index (χ2n) is 7.73. The third-order valence-corrected chi connectivity index (χ3v) is 5.86. The summed E-state index contributed by atoms with van der Waals surface area (Å²) in [6.45, 7) is 3.45. The molecule has 3 aromatic carbocycles. The minimum absolute atomic E-state index is 0.000588. The van der Waals surface area contributed by atoms with Gasteiger partial charge >= 0.3 is 0 Å². The topological polar surface area (TPSA) is 59.9 Å². The van der Waals surface area contributed by atoms with Gasteiger partial charge in [0.05, 0.1) is 16.1 Å². The molecule has 154 valence electrons. The van der Waals surface area contributed by atoms with E-state index in [9.17, 15) is 4.79 Å². The number of aromatic nitrogens is 3. The molecule has 2 aromatic heterocycles. The van der Waals surface area contributed by atoms with E-state index < -0.39 is 0 Å². The van der Waals surface area contributed by atoms with Gasteiger partial charge in [0.1, 0.15) is 5.75 Å². The van der Waals surface area contributed by atoms with E-state index in [4.69, 9.17) is 16.3 Å². The fourth-order valence-corrected chi connectivity index (χ4v) is 4.15. The first-order valence-corrected chi connectivity index (χ1v) is 10.3. The predicted molar refractivity (Wildman–Crippen MR) is 124 cm³/mol. The summed E-state index contributed by atoms with van der Waals surface area (Å²) in [5, 5.41) is 1.79. The second-order valence-corrected chi connectivity index (χ2v) is 8.13. The van der Waals surface area contributed by atoms with Crippen molar-refractivity contribution in [1.82, 2.24) is 14.5 Å². The molecule has 0 unspecified atom stereocenters. The maximum atomic E-state index is 11.8. The van der Waals surface area contributed by atoms with Gasteiger partial charge in [-0.2, -0.15) is 4.98 Å². The highest BCUT2D eigenvalue weighted by Crippen LogP contribution is 2.34. The molecule has 0 fully saturated rings. The summed E-state index contributed by atoms with van der Waals surface area (Å²) in [4.78, 5) is 19.5. The van der Waals surface area contributed by atoms with Gasteiger partial charge in [0, 0.05) is 35.3 Å². The fraction of sp³-hybridized carbons (Fsp3) is 0.120. The van der Waals surface area contributed by atoms with Crippen molar-refractivity contribution in [1.29, 1.82) is 0 Å². The Bertz CT molecular complexity index is 1480. The SMILES string of the molecule is CC(=O)c1cc(Oc2nc3cc(-c4ccc5c(ccn5C)c4)c(Cl)cc3[nH]2)ccc1C. The summed E-state index contributed by atoms with van der Waals surface area (Å²) in [7, 11) is 2.03. The minimum Gasteiger partial charge on any atom is -0.426 e. The Morgan fingerprint density at radius 3 is 2.74 bits per heavy atom. The van der Waals surface area contributed by atoms with Crippen LogP contribution in [0, 0.1) is 6.92 Å². The van der Waals surface area contributed by atoms with E-state index in [0.29, 0.717) is 22.3 Å². The zero-order valence-corrected chi connectivity index (χ0v) is 18.1. The maximum Gasteiger partial charge on any atom is 0.300 e. The number of Topliss-reactive ketones (excluding diaryl/α,β-unsaturated/α-hetero) is 1. The van der Waals surface area contributed by atoms with Crippen LogP contribution in [-0.2, 0) is 7.05 Å². The standard InChI is InChI=1S/C25H20ClN3O2/c1-14-4-6-18(11-19(14)15(2)30)31-25-27-22-12-20(21(26)13-23(22)28-25)16-5-7-24-17(10-16)8-9-29(24)3/h4-13H,1-3H3,(H,27,28). The molecule has 0 bridgehead atoms. The van der Waals surface area contributed by atoms with Crippen molar-refractivity contribution in [3.8, 4) is 22.9 Å². The molecule has 0 saturated heterocycles. The molecule has 5 aromatic rings. The van der Waals surface area contributed by atoms with Crippen LogP contribution in [0.4, 0.5) is 0 Å². The summed E-state index contributed by atoms with van der Waals surface area (Å²) in [5.41, 5.74) is 6.18. The number of ketones is 1. The number of halogens is 1. The molecule has 0 spiro atoms. The second kappa shape index (κ2) is 7.29. The molecule has 0 saturated carbocycles. The van der Waals surface area contributed by atoms with Gasteiger partial charge in [0.2, 0.25) is 0 Å². The van der Waals surface area contributed by atoms with Crippen molar-refractivity contribution in [2.75, 3.05) is 0 Å². The molecule has 0 aliphatic heterocycles. The van der Waals surface area contributed by atoms with Gasteiger partial charge in [-0.3, -0.25) is 4.79 Å². The number of rotatable bonds is 4. The third-order valence-electron chi connectivity index (χ3n) is 5.55. The van der Waals surface area contributed by atoms with Gasteiger partial charge in [0.25, 0.3) is 6.01 Å². The highest BCUT2D eigenvalue weighted by molar-refractivity contribution is 6.34. The van der Waals surface area contributed by atoms with Crippen molar-refractivity contribution < 1.29 is 9.53 Å². The number of nitrogens with zero attached hydrogens (tertiary/aromatic N) is 2. The molecule has 0 amide bonds. The van der Waals surface area contributed by atoms with Crippen molar-refractivity contribution in [2.45, 2.75) is 13.8 Å². The van der Waals surface area contributed by atoms with E-state index in [0.717, 1.165) is 33.1 Å². The van der Waals surface area contributed by atoms with Crippen LogP contribution >= 0.6 is 11.6 Å². The molecule has 6 heteroatoms. The Labute approximate surface area is 184 Å². The van der Waals surface area contributed by atoms with Crippen LogP contribution in [0.15, 0.2) is 60.8 Å². The number of nitrogens with one attached hydrogen (secondary N) is 1. The predicted octanol–water partition coefficient (Wildman–Crippen LogP) is 6.68. The van der Waals surface area contributed by atoms with Gasteiger partial charge in [-0.15, -0.1) is 0 Å². The van der Waals surface area contributed by atoms with E-state index in [1.807, 2.05) is 44.4 Å². The maximum absolute atomic E-state index is 11.8. The number of hydrogen-bond donors (Lipinski definition) is 1. The number of aromatic amines is 1. The van der Waals surface area contributed by atoms with Crippen LogP contribution in [0.1, 0.15) is 22.8 Å². The van der Waals surface area contributed by atoms with Crippen molar-refractivity contribution in [3.63, 3.8) is 0 Å². The first kappa shape index (κ1) is 19.4. The fourth-order valence-electron chi connectivity index (χ4n) is 3.88. The molecule has 5 rings (SSSR count). The Kier molecular flexibility index (Phi) is 4.56. The van der Waals surface area contributed by atoms with Crippen LogP contribution in [0.5, 0.6) is 11.8 Å². The first-order valence-electron chi connectivity index (χ1n) is 9.93. The van der Waals surface area contributed by atoms with E-state index >= 15 is 0 Å². The number of carbonyl (C=O) groups excluding carboxylic acids is 1. The lowest BCUT2D eigenvalue weighted by atomic mass is 10.0. The summed E-state index contributed by atoms with van der Waals surface area (Å²) in [6.07, 6.45) is 2.04. The smallest absolute Gasteiger partial charge is 0.300 e. The van der Waals surface area contributed by atoms with Gasteiger partial charge in [-0.05, 0) is 67.4 Å². The zero-order chi connectivity index (χ0) is 21.7. The Morgan fingerprint density at radius 2 is 1.94 bits per heavy atom. The Hall–Kier alpha value is -3.57. The lowest BCUT2D eigenvalue weighted by molar-refractivity contribution is 0.101. The number of ether oxygens (including phenoxy) is 1. The molecule has 1 N–H and O–H groups in total. The molecule has 0 aliphatic rings. The molecule has 0 radical (unpaired) electrons. The number of benzene rings is 3. The van der Waals surface area contributed by atoms with Crippen LogP contribution in [0.3, 0.4) is 0 Å². The number of hydrogen-bond acceptors (Lipinski definition) is 3. The largest absolute Gasteiger partial charge is 0.426 e. The van der Waals surface area contributed by atoms with Crippen LogP contribution in [-0.4, -0.2) is 20.3 Å². The van der Waals surface area contributed by atoms with Gasteiger partial charge in [-0.25, -0.2) is 0 Å². The molecule has 0 aliphatic carbocycles. The number of H-pyrrole nitrogens is 1. The summed E-state index contributed by atoms with van der Waals surface area (Å²) >= 11 is 6.61. The third kappa shape index (κ3) is 3.47. The monoisotopic (exact) mass is 429 g/mol. The summed E-state index contributed by atoms with van der Waals surface area (Å²) in [6, 6.07) is 18.0. The molecule has 2 heterocycles. The minimum atomic E-state index is -0.000588. The van der Waals surface area contributed by atoms with Crippen LogP contribution in [0.25, 0.3) is 33.1 Å². The average Bonchev–Trinajstić information content (AvgIpc) is 3.30. The van der Waals surface area contributed by atoms with Crippen LogP contribution < -0.4 is 4.74 Å². The molecule has 0 atom stereocenters. The molecule has 31 heavy (non-hydrogen) atoms. The van der Waals surface area contributed by atoms with E-state index in [1.54, 1.807) is 13.0 Å². The van der Waals surface area contributed by atoms with Gasteiger partial charge in [0.15, 0.2) is 5.78 Å². The molecular formula is C25H20ClN3O2. The number of fused-ring (bicyclic) bond motifs is 2. The highest BCUT2D eigenvalue weighted by atomic mass is 35.5. The van der Waals surface area contributed by atoms with Crippen molar-refractivity contribution >= 4 is 39.3 Å². The zero-order valence-electron chi connectivity index (χ0n) is 17.4. The molecular weight excluding hydrogens is 410 g/mol. The van der Waals surface area contributed by atoms with Crippen molar-refractivity contribution in [2.24, 2.45) is 7.05 Å². The normalized spacial score (nSPS) is 11.4. The lowest BCUT2D eigenvalue weighted by Crippen LogP contribution is -1.97. The number of aryl methyl sites for hydroxylation is 2. The van der Waals surface area contributed by atoms with Gasteiger partial charge < -0.3 is 14.3 Å². The highest BCUT2D eigenvalue weighted by Gasteiger charge is 2.13. The Balaban J connectivity index is 1.52. The summed E-state index contributed by atoms with van der Waals surface area (Å²) in [5.74, 6) is 0.551. The van der Waals surface area contributed by atoms with E-state index in [-0.39, 0.29) is 5.78 Å². The quantitative estimate of drug-likeness (QED) is 0.324. The number of imidazole rings is 1. The van der Waals surface area contributed by atoms with E-state index in [1.165, 1.54) is 5.52 Å². The number of carbonyl (C=O) groups is 1. The first-order chi connectivity index (χ1) is 14.9. The van der Waals surface area contributed by atoms with E-state index in [2.05, 4.69) is 38.8 Å².